The average molecular weight is 197 g/mol. The average Bonchev–Trinajstić information content (AvgIpc) is 2.71. The Hall–Kier alpha value is -0.0400. The van der Waals surface area contributed by atoms with E-state index >= 15 is 0 Å². The first kappa shape index (κ1) is 12.0. The Morgan fingerprint density at radius 2 is 1.71 bits per heavy atom. The quantitative estimate of drug-likeness (QED) is 0.657. The highest BCUT2D eigenvalue weighted by atomic mass is 14.9. The van der Waals surface area contributed by atoms with Crippen molar-refractivity contribution < 1.29 is 0 Å². The Morgan fingerprint density at radius 1 is 1.21 bits per heavy atom. The Balaban J connectivity index is 2.13. The number of hydrogen-bond acceptors (Lipinski definition) is 1. The highest BCUT2D eigenvalue weighted by Gasteiger charge is 2.44. The molecule has 1 nitrogen and oxygen atoms in total. The molecule has 1 unspecified atom stereocenters. The molecule has 0 spiro atoms. The topological polar surface area (TPSA) is 12.0 Å². The Labute approximate surface area is 89.7 Å². The fourth-order valence-electron chi connectivity index (χ4n) is 2.28. The maximum atomic E-state index is 3.74. The predicted molar refractivity (Wildman–Crippen MR) is 63.5 cm³/mol. The standard InChI is InChI=1S/C13H27N/c1-5-7-12(8-6-2)14-10-11-9-13(11,3)4/h11-12,14H,5-10H2,1-4H3. The van der Waals surface area contributed by atoms with Gasteiger partial charge in [0.25, 0.3) is 0 Å². The molecule has 0 amide bonds. The van der Waals surface area contributed by atoms with Crippen molar-refractivity contribution in [1.82, 2.24) is 5.32 Å². The fourth-order valence-corrected chi connectivity index (χ4v) is 2.28. The van der Waals surface area contributed by atoms with Gasteiger partial charge in [-0.3, -0.25) is 0 Å². The van der Waals surface area contributed by atoms with E-state index in [-0.39, 0.29) is 0 Å². The SMILES string of the molecule is CCCC(CCC)NCC1CC1(C)C. The van der Waals surface area contributed by atoms with Crippen LogP contribution in [-0.2, 0) is 0 Å². The third-order valence-corrected chi connectivity index (χ3v) is 3.64. The van der Waals surface area contributed by atoms with Crippen molar-refractivity contribution in [3.05, 3.63) is 0 Å². The van der Waals surface area contributed by atoms with Crippen molar-refractivity contribution in [2.45, 2.75) is 65.8 Å². The summed E-state index contributed by atoms with van der Waals surface area (Å²) in [7, 11) is 0. The minimum Gasteiger partial charge on any atom is -0.314 e. The zero-order chi connectivity index (χ0) is 10.6. The zero-order valence-corrected chi connectivity index (χ0v) is 10.4. The lowest BCUT2D eigenvalue weighted by atomic mass is 10.1. The molecule has 1 aliphatic carbocycles. The van der Waals surface area contributed by atoms with Gasteiger partial charge in [-0.2, -0.15) is 0 Å². The van der Waals surface area contributed by atoms with Crippen molar-refractivity contribution in [3.8, 4) is 0 Å². The minimum absolute atomic E-state index is 0.635. The van der Waals surface area contributed by atoms with E-state index in [1.165, 1.54) is 38.6 Å². The molecule has 0 radical (unpaired) electrons. The molecule has 0 aromatic heterocycles. The first-order valence-corrected chi connectivity index (χ1v) is 6.33. The van der Waals surface area contributed by atoms with Crippen LogP contribution in [0.1, 0.15) is 59.8 Å². The van der Waals surface area contributed by atoms with Crippen LogP contribution in [0.5, 0.6) is 0 Å². The van der Waals surface area contributed by atoms with Crippen LogP contribution in [0.3, 0.4) is 0 Å². The van der Waals surface area contributed by atoms with E-state index < -0.39 is 0 Å². The van der Waals surface area contributed by atoms with Crippen molar-refractivity contribution in [3.63, 3.8) is 0 Å². The van der Waals surface area contributed by atoms with Crippen molar-refractivity contribution in [1.29, 1.82) is 0 Å². The summed E-state index contributed by atoms with van der Waals surface area (Å²) < 4.78 is 0. The first-order valence-electron chi connectivity index (χ1n) is 6.33. The summed E-state index contributed by atoms with van der Waals surface area (Å²) in [6.07, 6.45) is 6.74. The van der Waals surface area contributed by atoms with E-state index in [2.05, 4.69) is 33.0 Å². The second-order valence-corrected chi connectivity index (χ2v) is 5.57. The molecule has 0 aromatic carbocycles. The molecule has 1 heteroatoms. The molecule has 1 saturated carbocycles. The Morgan fingerprint density at radius 3 is 2.07 bits per heavy atom. The molecule has 1 rings (SSSR count). The highest BCUT2D eigenvalue weighted by molar-refractivity contribution is 4.96. The molecule has 1 fully saturated rings. The van der Waals surface area contributed by atoms with Crippen molar-refractivity contribution in [2.75, 3.05) is 6.54 Å². The molecule has 0 saturated heterocycles. The molecular weight excluding hydrogens is 170 g/mol. The van der Waals surface area contributed by atoms with Gasteiger partial charge in [-0.15, -0.1) is 0 Å². The van der Waals surface area contributed by atoms with Crippen molar-refractivity contribution >= 4 is 0 Å². The summed E-state index contributed by atoms with van der Waals surface area (Å²) in [5.74, 6) is 0.943. The number of rotatable bonds is 7. The zero-order valence-electron chi connectivity index (χ0n) is 10.4. The third kappa shape index (κ3) is 3.61. The lowest BCUT2D eigenvalue weighted by Crippen LogP contribution is -2.31. The van der Waals surface area contributed by atoms with Gasteiger partial charge in [0.15, 0.2) is 0 Å². The van der Waals surface area contributed by atoms with Gasteiger partial charge in [-0.1, -0.05) is 40.5 Å². The summed E-state index contributed by atoms with van der Waals surface area (Å²) in [5, 5.41) is 3.74. The number of nitrogens with one attached hydrogen (secondary N) is 1. The fraction of sp³-hybridized carbons (Fsp3) is 1.00. The van der Waals surface area contributed by atoms with Crippen LogP contribution in [-0.4, -0.2) is 12.6 Å². The van der Waals surface area contributed by atoms with Gasteiger partial charge in [-0.25, -0.2) is 0 Å². The monoisotopic (exact) mass is 197 g/mol. The Bertz CT molecular complexity index is 157. The van der Waals surface area contributed by atoms with Gasteiger partial charge >= 0.3 is 0 Å². The summed E-state index contributed by atoms with van der Waals surface area (Å²) >= 11 is 0. The van der Waals surface area contributed by atoms with Crippen LogP contribution in [0.2, 0.25) is 0 Å². The summed E-state index contributed by atoms with van der Waals surface area (Å²) in [6.45, 7) is 10.6. The minimum atomic E-state index is 0.635. The van der Waals surface area contributed by atoms with Crippen LogP contribution in [0.25, 0.3) is 0 Å². The molecule has 84 valence electrons. The molecule has 1 atom stereocenters. The normalized spacial score (nSPS) is 24.2. The van der Waals surface area contributed by atoms with Gasteiger partial charge in [-0.05, 0) is 37.1 Å². The van der Waals surface area contributed by atoms with E-state index in [9.17, 15) is 0 Å². The Kier molecular flexibility index (Phi) is 4.43. The smallest absolute Gasteiger partial charge is 0.00669 e. The van der Waals surface area contributed by atoms with Crippen LogP contribution >= 0.6 is 0 Å². The third-order valence-electron chi connectivity index (χ3n) is 3.64. The molecule has 0 heterocycles. The maximum Gasteiger partial charge on any atom is 0.00669 e. The van der Waals surface area contributed by atoms with Gasteiger partial charge in [0.2, 0.25) is 0 Å². The molecule has 1 aliphatic rings. The molecule has 14 heavy (non-hydrogen) atoms. The lowest BCUT2D eigenvalue weighted by Gasteiger charge is -2.17. The van der Waals surface area contributed by atoms with E-state index in [1.54, 1.807) is 0 Å². The molecule has 1 N–H and O–H groups in total. The second-order valence-electron chi connectivity index (χ2n) is 5.57. The van der Waals surface area contributed by atoms with E-state index in [1.807, 2.05) is 0 Å². The van der Waals surface area contributed by atoms with E-state index in [0.717, 1.165) is 12.0 Å². The number of hydrogen-bond donors (Lipinski definition) is 1. The van der Waals surface area contributed by atoms with Gasteiger partial charge in [0.05, 0.1) is 0 Å². The lowest BCUT2D eigenvalue weighted by molar-refractivity contribution is 0.415. The van der Waals surface area contributed by atoms with Gasteiger partial charge in [0.1, 0.15) is 0 Å². The van der Waals surface area contributed by atoms with Crippen LogP contribution in [0, 0.1) is 11.3 Å². The van der Waals surface area contributed by atoms with Gasteiger partial charge < -0.3 is 5.32 Å². The van der Waals surface area contributed by atoms with Gasteiger partial charge in [0, 0.05) is 6.04 Å². The van der Waals surface area contributed by atoms with Crippen LogP contribution in [0.4, 0.5) is 0 Å². The molecular formula is C13H27N. The summed E-state index contributed by atoms with van der Waals surface area (Å²) in [4.78, 5) is 0. The largest absolute Gasteiger partial charge is 0.314 e. The first-order chi connectivity index (χ1) is 6.60. The molecule has 0 aliphatic heterocycles. The van der Waals surface area contributed by atoms with Crippen molar-refractivity contribution in [2.24, 2.45) is 11.3 Å². The highest BCUT2D eigenvalue weighted by Crippen LogP contribution is 2.51. The molecule has 0 bridgehead atoms. The summed E-state index contributed by atoms with van der Waals surface area (Å²) in [5.41, 5.74) is 0.635. The summed E-state index contributed by atoms with van der Waals surface area (Å²) in [6, 6.07) is 0.779. The maximum absolute atomic E-state index is 3.74. The van der Waals surface area contributed by atoms with Crippen LogP contribution in [0.15, 0.2) is 0 Å². The van der Waals surface area contributed by atoms with E-state index in [4.69, 9.17) is 0 Å². The van der Waals surface area contributed by atoms with E-state index in [0.29, 0.717) is 5.41 Å². The second kappa shape index (κ2) is 5.16. The predicted octanol–water partition coefficient (Wildman–Crippen LogP) is 3.59. The van der Waals surface area contributed by atoms with Crippen LogP contribution < -0.4 is 5.32 Å². The molecule has 0 aromatic rings.